The lowest BCUT2D eigenvalue weighted by atomic mass is 10.5. The highest BCUT2D eigenvalue weighted by Gasteiger charge is 2.09. The molecule has 20 heavy (non-hydrogen) atoms. The van der Waals surface area contributed by atoms with Crippen LogP contribution in [0.15, 0.2) is 11.9 Å². The van der Waals surface area contributed by atoms with E-state index in [0.717, 1.165) is 0 Å². The number of rotatable bonds is 5. The van der Waals surface area contributed by atoms with Gasteiger partial charge in [-0.1, -0.05) is 0 Å². The van der Waals surface area contributed by atoms with Crippen molar-refractivity contribution < 1.29 is 19.1 Å². The van der Waals surface area contributed by atoms with Crippen molar-refractivity contribution in [3.63, 3.8) is 0 Å². The number of carbonyl (C=O) groups is 2. The molecule has 0 aromatic rings. The smallest absolute Gasteiger partial charge is 0.387 e. The molecule has 110 valence electrons. The average Bonchev–Trinajstić information content (AvgIpc) is 2.37. The van der Waals surface area contributed by atoms with Gasteiger partial charge in [0.1, 0.15) is 0 Å². The van der Waals surface area contributed by atoms with Gasteiger partial charge in [-0.15, -0.1) is 0 Å². The highest BCUT2D eigenvalue weighted by molar-refractivity contribution is 5.90. The molecular formula is C13H19N3O4. The Labute approximate surface area is 119 Å². The molecule has 0 N–H and O–H groups in total. The van der Waals surface area contributed by atoms with Crippen molar-refractivity contribution in [1.82, 2.24) is 4.90 Å². The molecule has 0 aliphatic heterocycles. The van der Waals surface area contributed by atoms with E-state index >= 15 is 0 Å². The fourth-order valence-corrected chi connectivity index (χ4v) is 0.848. The lowest BCUT2D eigenvalue weighted by molar-refractivity contribution is -0.140. The molecule has 0 spiro atoms. The van der Waals surface area contributed by atoms with E-state index in [9.17, 15) is 9.59 Å². The number of esters is 2. The Hall–Kier alpha value is -2.54. The summed E-state index contributed by atoms with van der Waals surface area (Å²) in [5.74, 6) is -1.01. The van der Waals surface area contributed by atoms with Gasteiger partial charge in [-0.2, -0.15) is 0 Å². The molecule has 0 rings (SSSR count). The Morgan fingerprint density at radius 2 is 1.70 bits per heavy atom. The lowest BCUT2D eigenvalue weighted by Gasteiger charge is -2.05. The molecule has 7 nitrogen and oxygen atoms in total. The summed E-state index contributed by atoms with van der Waals surface area (Å²) in [6, 6.07) is 0. The third-order valence-electron chi connectivity index (χ3n) is 1.50. The van der Waals surface area contributed by atoms with Crippen LogP contribution in [0.25, 0.3) is 9.69 Å². The molecule has 0 saturated heterocycles. The zero-order valence-electron chi connectivity index (χ0n) is 12.2. The zero-order chi connectivity index (χ0) is 16.0. The Balaban J connectivity index is 0. The minimum absolute atomic E-state index is 0.00171. The normalized spacial score (nSPS) is 9.20. The number of carbonyl (C=O) groups excluding carboxylic acids is 2. The van der Waals surface area contributed by atoms with Gasteiger partial charge in [0.2, 0.25) is 0 Å². The summed E-state index contributed by atoms with van der Waals surface area (Å²) in [6.07, 6.45) is 1.44. The molecule has 0 unspecified atom stereocenters. The topological polar surface area (TPSA) is 64.6 Å². The fourth-order valence-electron chi connectivity index (χ4n) is 0.848. The number of hydrogen-bond acceptors (Lipinski definition) is 5. The van der Waals surface area contributed by atoms with Gasteiger partial charge in [0, 0.05) is 20.3 Å². The molecule has 0 fully saturated rings. The Morgan fingerprint density at radius 3 is 2.05 bits per heavy atom. The van der Waals surface area contributed by atoms with E-state index < -0.39 is 11.9 Å². The molecule has 0 bridgehead atoms. The maximum atomic E-state index is 11.0. The molecule has 7 heteroatoms. The van der Waals surface area contributed by atoms with Gasteiger partial charge < -0.3 is 19.2 Å². The van der Waals surface area contributed by atoms with Crippen LogP contribution in [0.4, 0.5) is 0 Å². The van der Waals surface area contributed by atoms with Gasteiger partial charge in [0.05, 0.1) is 19.8 Å². The van der Waals surface area contributed by atoms with Gasteiger partial charge in [-0.3, -0.25) is 4.79 Å². The van der Waals surface area contributed by atoms with Crippen LogP contribution in [0.2, 0.25) is 0 Å². The van der Waals surface area contributed by atoms with Crippen LogP contribution >= 0.6 is 0 Å². The molecule has 0 atom stereocenters. The van der Waals surface area contributed by atoms with E-state index in [2.05, 4.69) is 19.2 Å². The predicted molar refractivity (Wildman–Crippen MR) is 73.1 cm³/mol. The van der Waals surface area contributed by atoms with Crippen molar-refractivity contribution in [2.75, 3.05) is 33.9 Å². The molecular weight excluding hydrogens is 262 g/mol. The Morgan fingerprint density at radius 1 is 1.15 bits per heavy atom. The number of nitrogens with zero attached hydrogens (tertiary/aromatic N) is 3. The summed E-state index contributed by atoms with van der Waals surface area (Å²) < 4.78 is 9.08. The third kappa shape index (κ3) is 11.9. The summed E-state index contributed by atoms with van der Waals surface area (Å²) in [7, 11) is 3.48. The SMILES string of the molecule is [C-]#[N+]C(=CN(C)C)C(=O)OCC.[C-]#[N+]CC(=O)OCC. The van der Waals surface area contributed by atoms with Crippen LogP contribution in [0, 0.1) is 13.1 Å². The second-order valence-electron chi connectivity index (χ2n) is 3.43. The first kappa shape index (κ1) is 19.8. The van der Waals surface area contributed by atoms with Crippen molar-refractivity contribution >= 4 is 11.9 Å². The fraction of sp³-hybridized carbons (Fsp3) is 0.538. The number of hydrogen-bond donors (Lipinski definition) is 0. The van der Waals surface area contributed by atoms with E-state index in [1.165, 1.54) is 6.20 Å². The van der Waals surface area contributed by atoms with Crippen LogP contribution in [0.1, 0.15) is 13.8 Å². The second kappa shape index (κ2) is 12.9. The summed E-state index contributed by atoms with van der Waals surface area (Å²) in [5.41, 5.74) is 0.00171. The van der Waals surface area contributed by atoms with Crippen molar-refractivity contribution in [2.45, 2.75) is 13.8 Å². The molecule has 0 aromatic heterocycles. The van der Waals surface area contributed by atoms with E-state index in [1.54, 1.807) is 32.8 Å². The van der Waals surface area contributed by atoms with Crippen LogP contribution in [-0.2, 0) is 19.1 Å². The van der Waals surface area contributed by atoms with Crippen molar-refractivity contribution in [1.29, 1.82) is 0 Å². The van der Waals surface area contributed by atoms with Crippen molar-refractivity contribution in [3.05, 3.63) is 34.7 Å². The largest absolute Gasteiger partial charge is 0.471 e. The summed E-state index contributed by atoms with van der Waals surface area (Å²) in [6.45, 7) is 16.8. The van der Waals surface area contributed by atoms with E-state index in [1.807, 2.05) is 0 Å². The first-order valence-corrected chi connectivity index (χ1v) is 5.84. The van der Waals surface area contributed by atoms with Crippen molar-refractivity contribution in [2.24, 2.45) is 0 Å². The average molecular weight is 281 g/mol. The predicted octanol–water partition coefficient (Wildman–Crippen LogP) is 1.34. The van der Waals surface area contributed by atoms with Gasteiger partial charge in [0.15, 0.2) is 0 Å². The minimum atomic E-state index is -0.568. The van der Waals surface area contributed by atoms with Crippen LogP contribution in [-0.4, -0.2) is 50.7 Å². The van der Waals surface area contributed by atoms with Crippen LogP contribution < -0.4 is 0 Å². The highest BCUT2D eigenvalue weighted by atomic mass is 16.5. The molecule has 0 amide bonds. The van der Waals surface area contributed by atoms with E-state index in [0.29, 0.717) is 13.2 Å². The quantitative estimate of drug-likeness (QED) is 0.432. The molecule has 0 aromatic carbocycles. The first-order valence-electron chi connectivity index (χ1n) is 5.84. The summed E-state index contributed by atoms with van der Waals surface area (Å²) in [5, 5.41) is 0. The first-order chi connectivity index (χ1) is 9.42. The minimum Gasteiger partial charge on any atom is -0.471 e. The van der Waals surface area contributed by atoms with E-state index in [-0.39, 0.29) is 12.2 Å². The summed E-state index contributed by atoms with van der Waals surface area (Å²) >= 11 is 0. The van der Waals surface area contributed by atoms with Gasteiger partial charge in [-0.25, -0.2) is 16.2 Å². The van der Waals surface area contributed by atoms with E-state index in [4.69, 9.17) is 13.1 Å². The van der Waals surface area contributed by atoms with Crippen molar-refractivity contribution in [3.8, 4) is 0 Å². The molecule has 0 saturated carbocycles. The van der Waals surface area contributed by atoms with Crippen LogP contribution in [0.5, 0.6) is 0 Å². The van der Waals surface area contributed by atoms with Gasteiger partial charge >= 0.3 is 18.5 Å². The maximum Gasteiger partial charge on any atom is 0.387 e. The maximum absolute atomic E-state index is 11.0. The molecule has 0 aliphatic carbocycles. The zero-order valence-corrected chi connectivity index (χ0v) is 12.2. The Bertz CT molecular complexity index is 416. The third-order valence-corrected chi connectivity index (χ3v) is 1.50. The summed E-state index contributed by atoms with van der Waals surface area (Å²) in [4.78, 5) is 28.7. The van der Waals surface area contributed by atoms with Gasteiger partial charge in [-0.05, 0) is 13.8 Å². The van der Waals surface area contributed by atoms with Gasteiger partial charge in [0.25, 0.3) is 5.70 Å². The Kier molecular flexibility index (Phi) is 12.8. The van der Waals surface area contributed by atoms with Crippen LogP contribution in [0.3, 0.4) is 0 Å². The standard InChI is InChI=1S/C8H12N2O2.C5H7NO2/c1-5-12-8(11)7(9-2)6-10(3)4;1-3-8-5(7)4-6-2/h6H,5H2,1,3-4H3;3-4H2,1H3. The lowest BCUT2D eigenvalue weighted by Crippen LogP contribution is -2.10. The molecule has 0 radical (unpaired) electrons. The number of ether oxygens (including phenoxy) is 2. The highest BCUT2D eigenvalue weighted by Crippen LogP contribution is 2.00. The molecule has 0 heterocycles. The molecule has 0 aliphatic rings. The second-order valence-corrected chi connectivity index (χ2v) is 3.43. The monoisotopic (exact) mass is 281 g/mol.